The van der Waals surface area contributed by atoms with Crippen LogP contribution in [0.25, 0.3) is 10.9 Å². The zero-order chi connectivity index (χ0) is 19.7. The number of nitrogens with one attached hydrogen (secondary N) is 1. The second-order valence-corrected chi connectivity index (χ2v) is 7.18. The summed E-state index contributed by atoms with van der Waals surface area (Å²) in [5.74, 6) is -0.456. The number of allylic oxidation sites excluding steroid dienone is 1. The third kappa shape index (κ3) is 3.53. The average Bonchev–Trinajstić information content (AvgIpc) is 2.71. The average molecular weight is 440 g/mol. The molecule has 2 aromatic carbocycles. The van der Waals surface area contributed by atoms with Gasteiger partial charge in [-0.2, -0.15) is 0 Å². The number of nitrogens with zero attached hydrogens (tertiary/aromatic N) is 2. The van der Waals surface area contributed by atoms with Gasteiger partial charge in [0.2, 0.25) is 0 Å². The number of carbonyl (C=O) groups is 2. The molecule has 0 saturated carbocycles. The molecule has 1 aliphatic heterocycles. The lowest BCUT2D eigenvalue weighted by atomic mass is 9.97. The normalized spacial score (nSPS) is 16.4. The summed E-state index contributed by atoms with van der Waals surface area (Å²) >= 11 is 3.52. The minimum atomic E-state index is -0.501. The number of urea groups is 1. The van der Waals surface area contributed by atoms with E-state index in [9.17, 15) is 14.0 Å². The van der Waals surface area contributed by atoms with E-state index in [1.165, 1.54) is 29.3 Å². The third-order valence-corrected chi connectivity index (χ3v) is 5.46. The minimum Gasteiger partial charge on any atom is -0.306 e. The fourth-order valence-electron chi connectivity index (χ4n) is 3.19. The molecule has 2 heterocycles. The Kier molecular flexibility index (Phi) is 4.92. The highest BCUT2D eigenvalue weighted by Crippen LogP contribution is 2.33. The van der Waals surface area contributed by atoms with Gasteiger partial charge in [0.15, 0.2) is 5.78 Å². The number of hydrogen-bond acceptors (Lipinski definition) is 3. The number of aromatic nitrogens is 1. The molecular formula is C21H15BrFN3O2. The number of rotatable bonds is 2. The van der Waals surface area contributed by atoms with Crippen LogP contribution in [0.5, 0.6) is 0 Å². The Morgan fingerprint density at radius 3 is 2.75 bits per heavy atom. The van der Waals surface area contributed by atoms with Gasteiger partial charge in [-0.15, -0.1) is 0 Å². The second-order valence-electron chi connectivity index (χ2n) is 6.39. The van der Waals surface area contributed by atoms with Crippen molar-refractivity contribution < 1.29 is 14.0 Å². The molecule has 1 N–H and O–H groups in total. The van der Waals surface area contributed by atoms with Gasteiger partial charge in [-0.25, -0.2) is 9.18 Å². The van der Waals surface area contributed by atoms with Crippen LogP contribution in [0.4, 0.5) is 14.9 Å². The van der Waals surface area contributed by atoms with E-state index in [1.807, 2.05) is 18.2 Å². The van der Waals surface area contributed by atoms with Crippen LogP contribution in [-0.2, 0) is 4.79 Å². The molecule has 0 radical (unpaired) electrons. The lowest BCUT2D eigenvalue weighted by Crippen LogP contribution is -2.37. The van der Waals surface area contributed by atoms with Gasteiger partial charge < -0.3 is 5.32 Å². The number of hydrogen-bond donors (Lipinski definition) is 1. The molecule has 0 fully saturated rings. The molecule has 0 spiro atoms. The number of ketones is 1. The molecule has 3 aromatic rings. The molecular weight excluding hydrogens is 425 g/mol. The Hall–Kier alpha value is -3.06. The van der Waals surface area contributed by atoms with Gasteiger partial charge in [0.1, 0.15) is 5.82 Å². The number of anilines is 1. The highest BCUT2D eigenvalue weighted by Gasteiger charge is 2.29. The monoisotopic (exact) mass is 439 g/mol. The first-order chi connectivity index (χ1) is 13.5. The highest BCUT2D eigenvalue weighted by molar-refractivity contribution is 9.10. The predicted molar refractivity (Wildman–Crippen MR) is 108 cm³/mol. The minimum absolute atomic E-state index is 0.0867. The Bertz CT molecular complexity index is 1100. The predicted octanol–water partition coefficient (Wildman–Crippen LogP) is 5.20. The maximum atomic E-state index is 13.3. The van der Waals surface area contributed by atoms with Crippen molar-refractivity contribution in [1.29, 1.82) is 0 Å². The standard InChI is InChI=1S/C21H15BrFN3O2/c22-20-16-2-1-10-24-17(16)7-8-18(20)25-21(28)26-11-9-15(27)12-19(26)13-3-5-14(23)6-4-13/h1-11,19H,12H2,(H,25,28)/t19-/m0/s1. The van der Waals surface area contributed by atoms with E-state index in [2.05, 4.69) is 26.2 Å². The van der Waals surface area contributed by atoms with E-state index < -0.39 is 6.04 Å². The second kappa shape index (κ2) is 7.52. The Morgan fingerprint density at radius 1 is 1.18 bits per heavy atom. The number of pyridine rings is 1. The van der Waals surface area contributed by atoms with Gasteiger partial charge in [-0.3, -0.25) is 14.7 Å². The molecule has 140 valence electrons. The van der Waals surface area contributed by atoms with Crippen LogP contribution in [-0.4, -0.2) is 21.7 Å². The van der Waals surface area contributed by atoms with Gasteiger partial charge in [0.25, 0.3) is 0 Å². The number of halogens is 2. The molecule has 0 saturated heterocycles. The van der Waals surface area contributed by atoms with Crippen LogP contribution in [0.3, 0.4) is 0 Å². The van der Waals surface area contributed by atoms with Gasteiger partial charge in [0.05, 0.1) is 21.7 Å². The first-order valence-electron chi connectivity index (χ1n) is 8.62. The number of fused-ring (bicyclic) bond motifs is 1. The summed E-state index contributed by atoms with van der Waals surface area (Å²) < 4.78 is 14.0. The number of benzene rings is 2. The first kappa shape index (κ1) is 18.3. The molecule has 2 amide bonds. The van der Waals surface area contributed by atoms with Crippen molar-refractivity contribution in [2.75, 3.05) is 5.32 Å². The van der Waals surface area contributed by atoms with E-state index in [-0.39, 0.29) is 24.1 Å². The lowest BCUT2D eigenvalue weighted by Gasteiger charge is -2.31. The van der Waals surface area contributed by atoms with Crippen molar-refractivity contribution in [2.24, 2.45) is 0 Å². The quantitative estimate of drug-likeness (QED) is 0.596. The highest BCUT2D eigenvalue weighted by atomic mass is 79.9. The SMILES string of the molecule is O=C1C=CN(C(=O)Nc2ccc3ncccc3c2Br)[C@H](c2ccc(F)cc2)C1. The van der Waals surface area contributed by atoms with E-state index in [4.69, 9.17) is 0 Å². The number of amides is 2. The molecule has 7 heteroatoms. The maximum absolute atomic E-state index is 13.3. The number of carbonyl (C=O) groups excluding carboxylic acids is 2. The summed E-state index contributed by atoms with van der Waals surface area (Å²) in [7, 11) is 0. The topological polar surface area (TPSA) is 62.3 Å². The molecule has 0 bridgehead atoms. The van der Waals surface area contributed by atoms with Crippen LogP contribution in [0, 0.1) is 5.82 Å². The summed E-state index contributed by atoms with van der Waals surface area (Å²) in [6.45, 7) is 0. The van der Waals surface area contributed by atoms with Crippen molar-refractivity contribution in [2.45, 2.75) is 12.5 Å². The van der Waals surface area contributed by atoms with Gasteiger partial charge in [-0.1, -0.05) is 18.2 Å². The summed E-state index contributed by atoms with van der Waals surface area (Å²) in [5, 5.41) is 3.75. The zero-order valence-corrected chi connectivity index (χ0v) is 16.2. The third-order valence-electron chi connectivity index (χ3n) is 4.60. The van der Waals surface area contributed by atoms with Gasteiger partial charge in [-0.05, 0) is 57.9 Å². The fourth-order valence-corrected chi connectivity index (χ4v) is 3.76. The molecule has 0 aliphatic carbocycles. The van der Waals surface area contributed by atoms with E-state index in [0.29, 0.717) is 11.3 Å². The Labute approximate surface area is 169 Å². The van der Waals surface area contributed by atoms with Crippen LogP contribution in [0.15, 0.2) is 71.5 Å². The summed E-state index contributed by atoms with van der Waals surface area (Å²) in [5.41, 5.74) is 2.09. The smallest absolute Gasteiger partial charge is 0.306 e. The van der Waals surface area contributed by atoms with Crippen molar-refractivity contribution >= 4 is 44.3 Å². The lowest BCUT2D eigenvalue weighted by molar-refractivity contribution is -0.116. The first-order valence-corrected chi connectivity index (χ1v) is 9.41. The van der Waals surface area contributed by atoms with Gasteiger partial charge in [0, 0.05) is 24.2 Å². The van der Waals surface area contributed by atoms with Crippen molar-refractivity contribution in [3.63, 3.8) is 0 Å². The van der Waals surface area contributed by atoms with Crippen LogP contribution >= 0.6 is 15.9 Å². The maximum Gasteiger partial charge on any atom is 0.326 e. The van der Waals surface area contributed by atoms with Crippen LogP contribution < -0.4 is 5.32 Å². The largest absolute Gasteiger partial charge is 0.326 e. The summed E-state index contributed by atoms with van der Waals surface area (Å²) in [6.07, 6.45) is 4.68. The molecule has 1 aliphatic rings. The van der Waals surface area contributed by atoms with Crippen molar-refractivity contribution in [3.05, 3.63) is 82.9 Å². The summed E-state index contributed by atoms with van der Waals surface area (Å²) in [4.78, 5) is 30.6. The molecule has 28 heavy (non-hydrogen) atoms. The van der Waals surface area contributed by atoms with E-state index >= 15 is 0 Å². The van der Waals surface area contributed by atoms with Crippen molar-refractivity contribution in [3.8, 4) is 0 Å². The molecule has 1 aromatic heterocycles. The zero-order valence-electron chi connectivity index (χ0n) is 14.6. The fraction of sp³-hybridized carbons (Fsp3) is 0.0952. The van der Waals surface area contributed by atoms with Crippen LogP contribution in [0.2, 0.25) is 0 Å². The van der Waals surface area contributed by atoms with Gasteiger partial charge >= 0.3 is 6.03 Å². The van der Waals surface area contributed by atoms with Crippen LogP contribution in [0.1, 0.15) is 18.0 Å². The Balaban J connectivity index is 1.64. The summed E-state index contributed by atoms with van der Waals surface area (Å²) in [6, 6.07) is 12.2. The molecule has 1 atom stereocenters. The Morgan fingerprint density at radius 2 is 1.96 bits per heavy atom. The molecule has 4 rings (SSSR count). The van der Waals surface area contributed by atoms with E-state index in [0.717, 1.165) is 15.4 Å². The molecule has 5 nitrogen and oxygen atoms in total. The van der Waals surface area contributed by atoms with Crippen molar-refractivity contribution in [1.82, 2.24) is 9.88 Å². The molecule has 0 unspecified atom stereocenters. The van der Waals surface area contributed by atoms with E-state index in [1.54, 1.807) is 24.4 Å².